The lowest BCUT2D eigenvalue weighted by Crippen LogP contribution is -1.95. The van der Waals surface area contributed by atoms with Gasteiger partial charge in [-0.1, -0.05) is 15.9 Å². The summed E-state index contributed by atoms with van der Waals surface area (Å²) >= 11 is 6.92. The molecule has 88 valence electrons. The van der Waals surface area contributed by atoms with E-state index in [0.29, 0.717) is 0 Å². The largest absolute Gasteiger partial charge is 0.340 e. The molecule has 4 heteroatoms. The van der Waals surface area contributed by atoms with Crippen LogP contribution in [0.3, 0.4) is 0 Å². The molecule has 0 amide bonds. The van der Waals surface area contributed by atoms with Crippen LogP contribution in [-0.2, 0) is 0 Å². The van der Waals surface area contributed by atoms with Gasteiger partial charge in [0.1, 0.15) is 5.82 Å². The molecule has 1 aromatic carbocycles. The molecule has 0 spiro atoms. The SMILES string of the molecule is Cc1cc(Br)cc(Nc2ccc(Br)c(C)n2)c1. The Balaban J connectivity index is 2.28. The summed E-state index contributed by atoms with van der Waals surface area (Å²) in [5, 5.41) is 3.29. The molecule has 0 saturated heterocycles. The standard InChI is InChI=1S/C13H12Br2N2/c1-8-5-10(14)7-11(6-8)17-13-4-3-12(15)9(2)16-13/h3-7H,1-2H3,(H,16,17). The van der Waals surface area contributed by atoms with Crippen molar-refractivity contribution in [1.29, 1.82) is 0 Å². The highest BCUT2D eigenvalue weighted by Gasteiger charge is 2.01. The maximum atomic E-state index is 4.45. The lowest BCUT2D eigenvalue weighted by atomic mass is 10.2. The average Bonchev–Trinajstić information content (AvgIpc) is 2.22. The van der Waals surface area contributed by atoms with Crippen molar-refractivity contribution in [2.45, 2.75) is 13.8 Å². The fourth-order valence-electron chi connectivity index (χ4n) is 1.57. The van der Waals surface area contributed by atoms with E-state index in [4.69, 9.17) is 0 Å². The Hall–Kier alpha value is -0.870. The zero-order valence-electron chi connectivity index (χ0n) is 9.59. The second kappa shape index (κ2) is 5.19. The normalized spacial score (nSPS) is 10.4. The number of benzene rings is 1. The summed E-state index contributed by atoms with van der Waals surface area (Å²) < 4.78 is 2.09. The van der Waals surface area contributed by atoms with E-state index in [-0.39, 0.29) is 0 Å². The number of nitrogens with one attached hydrogen (secondary N) is 1. The lowest BCUT2D eigenvalue weighted by molar-refractivity contribution is 1.18. The predicted octanol–water partition coefficient (Wildman–Crippen LogP) is 4.97. The van der Waals surface area contributed by atoms with E-state index in [2.05, 4.69) is 61.2 Å². The van der Waals surface area contributed by atoms with Crippen LogP contribution in [0.15, 0.2) is 39.3 Å². The van der Waals surface area contributed by atoms with Crippen molar-refractivity contribution >= 4 is 43.4 Å². The molecule has 0 fully saturated rings. The van der Waals surface area contributed by atoms with Crippen LogP contribution < -0.4 is 5.32 Å². The molecular formula is C13H12Br2N2. The van der Waals surface area contributed by atoms with Gasteiger partial charge in [-0.15, -0.1) is 0 Å². The van der Waals surface area contributed by atoms with Crippen LogP contribution in [0.25, 0.3) is 0 Å². The minimum Gasteiger partial charge on any atom is -0.340 e. The maximum absolute atomic E-state index is 4.45. The third kappa shape index (κ3) is 3.30. The molecular weight excluding hydrogens is 344 g/mol. The Morgan fingerprint density at radius 1 is 1.06 bits per heavy atom. The van der Waals surface area contributed by atoms with Crippen molar-refractivity contribution in [3.8, 4) is 0 Å². The number of rotatable bonds is 2. The molecule has 2 nitrogen and oxygen atoms in total. The van der Waals surface area contributed by atoms with Crippen molar-refractivity contribution in [3.63, 3.8) is 0 Å². The van der Waals surface area contributed by atoms with Gasteiger partial charge in [-0.25, -0.2) is 4.98 Å². The molecule has 0 aliphatic rings. The number of aromatic nitrogens is 1. The molecule has 0 radical (unpaired) electrons. The number of hydrogen-bond donors (Lipinski definition) is 1. The van der Waals surface area contributed by atoms with Gasteiger partial charge in [-0.3, -0.25) is 0 Å². The van der Waals surface area contributed by atoms with Crippen LogP contribution in [0.4, 0.5) is 11.5 Å². The monoisotopic (exact) mass is 354 g/mol. The third-order valence-corrected chi connectivity index (χ3v) is 3.63. The molecule has 2 rings (SSSR count). The topological polar surface area (TPSA) is 24.9 Å². The Kier molecular flexibility index (Phi) is 3.84. The van der Waals surface area contributed by atoms with Gasteiger partial charge < -0.3 is 5.32 Å². The minimum atomic E-state index is 0.850. The summed E-state index contributed by atoms with van der Waals surface area (Å²) in [6.45, 7) is 4.04. The zero-order chi connectivity index (χ0) is 12.4. The third-order valence-electron chi connectivity index (χ3n) is 2.34. The molecule has 0 saturated carbocycles. The first kappa shape index (κ1) is 12.6. The van der Waals surface area contributed by atoms with Crippen LogP contribution in [-0.4, -0.2) is 4.98 Å². The van der Waals surface area contributed by atoms with Crippen LogP contribution in [0, 0.1) is 13.8 Å². The van der Waals surface area contributed by atoms with Gasteiger partial charge in [0.2, 0.25) is 0 Å². The number of pyridine rings is 1. The van der Waals surface area contributed by atoms with Gasteiger partial charge in [-0.05, 0) is 65.7 Å². The zero-order valence-corrected chi connectivity index (χ0v) is 12.8. The molecule has 2 aromatic rings. The number of nitrogens with zero attached hydrogens (tertiary/aromatic N) is 1. The first-order valence-corrected chi connectivity index (χ1v) is 6.80. The number of aryl methyl sites for hydroxylation is 2. The van der Waals surface area contributed by atoms with Crippen molar-refractivity contribution in [2.75, 3.05) is 5.32 Å². The van der Waals surface area contributed by atoms with Gasteiger partial charge in [-0.2, -0.15) is 0 Å². The Labute approximate surface area is 118 Å². The van der Waals surface area contributed by atoms with E-state index in [0.717, 1.165) is 26.1 Å². The summed E-state index contributed by atoms with van der Waals surface area (Å²) in [4.78, 5) is 4.45. The molecule has 0 aliphatic carbocycles. The molecule has 0 atom stereocenters. The Bertz CT molecular complexity index is 533. The van der Waals surface area contributed by atoms with Crippen LogP contribution in [0.1, 0.15) is 11.3 Å². The smallest absolute Gasteiger partial charge is 0.130 e. The minimum absolute atomic E-state index is 0.850. The van der Waals surface area contributed by atoms with Crippen molar-refractivity contribution in [3.05, 3.63) is 50.5 Å². The highest BCUT2D eigenvalue weighted by Crippen LogP contribution is 2.23. The van der Waals surface area contributed by atoms with Gasteiger partial charge in [0.15, 0.2) is 0 Å². The molecule has 1 heterocycles. The summed E-state index contributed by atoms with van der Waals surface area (Å²) in [5.41, 5.74) is 3.21. The van der Waals surface area contributed by atoms with E-state index in [1.54, 1.807) is 0 Å². The van der Waals surface area contributed by atoms with Gasteiger partial charge in [0, 0.05) is 14.6 Å². The van der Waals surface area contributed by atoms with E-state index in [1.807, 2.05) is 25.1 Å². The fourth-order valence-corrected chi connectivity index (χ4v) is 2.40. The van der Waals surface area contributed by atoms with Crippen molar-refractivity contribution in [2.24, 2.45) is 0 Å². The average molecular weight is 356 g/mol. The number of hydrogen-bond acceptors (Lipinski definition) is 2. The first-order valence-electron chi connectivity index (χ1n) is 5.22. The van der Waals surface area contributed by atoms with Crippen molar-refractivity contribution in [1.82, 2.24) is 4.98 Å². The first-order chi connectivity index (χ1) is 8.04. The van der Waals surface area contributed by atoms with E-state index >= 15 is 0 Å². The van der Waals surface area contributed by atoms with Crippen LogP contribution in [0.5, 0.6) is 0 Å². The van der Waals surface area contributed by atoms with E-state index < -0.39 is 0 Å². The Morgan fingerprint density at radius 2 is 1.82 bits per heavy atom. The lowest BCUT2D eigenvalue weighted by Gasteiger charge is -2.08. The van der Waals surface area contributed by atoms with Crippen LogP contribution in [0.2, 0.25) is 0 Å². The van der Waals surface area contributed by atoms with E-state index in [1.165, 1.54) is 5.56 Å². The summed E-state index contributed by atoms with van der Waals surface area (Å²) in [7, 11) is 0. The second-order valence-corrected chi connectivity index (χ2v) is 5.68. The molecule has 0 aliphatic heterocycles. The van der Waals surface area contributed by atoms with Gasteiger partial charge in [0.05, 0.1) is 5.69 Å². The maximum Gasteiger partial charge on any atom is 0.130 e. The van der Waals surface area contributed by atoms with Crippen molar-refractivity contribution < 1.29 is 0 Å². The molecule has 1 N–H and O–H groups in total. The number of anilines is 2. The van der Waals surface area contributed by atoms with Gasteiger partial charge >= 0.3 is 0 Å². The Morgan fingerprint density at radius 3 is 2.47 bits per heavy atom. The summed E-state index contributed by atoms with van der Waals surface area (Å²) in [5.74, 6) is 0.850. The van der Waals surface area contributed by atoms with Gasteiger partial charge in [0.25, 0.3) is 0 Å². The summed E-state index contributed by atoms with van der Waals surface area (Å²) in [6, 6.07) is 10.1. The molecule has 0 unspecified atom stereocenters. The van der Waals surface area contributed by atoms with E-state index in [9.17, 15) is 0 Å². The molecule has 1 aromatic heterocycles. The second-order valence-electron chi connectivity index (χ2n) is 3.91. The van der Waals surface area contributed by atoms with Crippen LogP contribution >= 0.6 is 31.9 Å². The highest BCUT2D eigenvalue weighted by molar-refractivity contribution is 9.10. The molecule has 0 bridgehead atoms. The number of halogens is 2. The fraction of sp³-hybridized carbons (Fsp3) is 0.154. The summed E-state index contributed by atoms with van der Waals surface area (Å²) in [6.07, 6.45) is 0. The quantitative estimate of drug-likeness (QED) is 0.822. The highest BCUT2D eigenvalue weighted by atomic mass is 79.9. The molecule has 17 heavy (non-hydrogen) atoms. The predicted molar refractivity (Wildman–Crippen MR) is 78.8 cm³/mol.